The molecule has 0 unspecified atom stereocenters. The van der Waals surface area contributed by atoms with Crippen LogP contribution >= 0.6 is 0 Å². The predicted octanol–water partition coefficient (Wildman–Crippen LogP) is 3.01. The van der Waals surface area contributed by atoms with Gasteiger partial charge in [-0.2, -0.15) is 0 Å². The molecule has 5 nitrogen and oxygen atoms in total. The lowest BCUT2D eigenvalue weighted by atomic mass is 9.77. The lowest BCUT2D eigenvalue weighted by Crippen LogP contribution is -2.40. The quantitative estimate of drug-likeness (QED) is 0.447. The summed E-state index contributed by atoms with van der Waals surface area (Å²) in [7, 11) is 0. The Bertz CT molecular complexity index is 741. The van der Waals surface area contributed by atoms with E-state index in [9.17, 15) is 9.59 Å². The van der Waals surface area contributed by atoms with Crippen LogP contribution in [0.1, 0.15) is 31.7 Å². The zero-order valence-electron chi connectivity index (χ0n) is 15.3. The van der Waals surface area contributed by atoms with Crippen molar-refractivity contribution in [1.82, 2.24) is 0 Å². The number of carbonyl (C=O) groups excluding carboxylic acids is 2. The van der Waals surface area contributed by atoms with Crippen LogP contribution in [-0.2, 0) is 19.1 Å². The maximum Gasteiger partial charge on any atom is 0.312 e. The Labute approximate surface area is 154 Å². The van der Waals surface area contributed by atoms with Gasteiger partial charge in [-0.15, -0.1) is 0 Å². The van der Waals surface area contributed by atoms with Crippen LogP contribution in [0.3, 0.4) is 0 Å². The molecule has 0 aliphatic carbocycles. The molecule has 0 radical (unpaired) electrons. The van der Waals surface area contributed by atoms with Crippen molar-refractivity contribution in [3.05, 3.63) is 42.0 Å². The molecule has 1 aromatic carbocycles. The highest BCUT2D eigenvalue weighted by atomic mass is 16.6. The molecular weight excluding hydrogens is 330 g/mol. The predicted molar refractivity (Wildman–Crippen MR) is 97.7 cm³/mol. The molecule has 5 heteroatoms. The number of hydrogen-bond donors (Lipinski definition) is 0. The van der Waals surface area contributed by atoms with Crippen molar-refractivity contribution >= 4 is 17.6 Å². The molecule has 0 N–H and O–H groups in total. The molecule has 26 heavy (non-hydrogen) atoms. The number of nitrogens with zero attached hydrogens (tertiary/aromatic N) is 1. The average molecular weight is 355 g/mol. The van der Waals surface area contributed by atoms with Crippen LogP contribution in [0.2, 0.25) is 0 Å². The fourth-order valence-corrected chi connectivity index (χ4v) is 4.33. The van der Waals surface area contributed by atoms with Crippen molar-refractivity contribution in [2.45, 2.75) is 44.8 Å². The summed E-state index contributed by atoms with van der Waals surface area (Å²) in [5.74, 6) is -1.38. The van der Waals surface area contributed by atoms with E-state index >= 15 is 0 Å². The number of fused-ring (bicyclic) bond motifs is 1. The van der Waals surface area contributed by atoms with Crippen LogP contribution in [0.25, 0.3) is 0 Å². The number of ether oxygens (including phenoxy) is 2. The van der Waals surface area contributed by atoms with E-state index in [1.807, 2.05) is 43.3 Å². The van der Waals surface area contributed by atoms with Gasteiger partial charge in [0.25, 0.3) is 0 Å². The van der Waals surface area contributed by atoms with Gasteiger partial charge in [0, 0.05) is 5.69 Å². The van der Waals surface area contributed by atoms with Crippen LogP contribution in [0.4, 0.5) is 5.69 Å². The number of unbranched alkanes of at least 4 members (excludes halogenated alkanes) is 2. The van der Waals surface area contributed by atoms with Crippen molar-refractivity contribution < 1.29 is 19.1 Å². The smallest absolute Gasteiger partial charge is 0.312 e. The van der Waals surface area contributed by atoms with Gasteiger partial charge in [-0.05, 0) is 25.5 Å². The average Bonchev–Trinajstić information content (AvgIpc) is 3.28. The molecule has 4 rings (SSSR count). The summed E-state index contributed by atoms with van der Waals surface area (Å²) >= 11 is 0. The van der Waals surface area contributed by atoms with E-state index in [1.165, 1.54) is 0 Å². The molecule has 2 saturated heterocycles. The Kier molecular flexibility index (Phi) is 4.35. The molecule has 1 spiro atoms. The van der Waals surface area contributed by atoms with E-state index < -0.39 is 17.4 Å². The highest BCUT2D eigenvalue weighted by molar-refractivity contribution is 6.02. The van der Waals surface area contributed by atoms with Gasteiger partial charge in [0.2, 0.25) is 5.91 Å². The molecule has 3 heterocycles. The monoisotopic (exact) mass is 355 g/mol. The fourth-order valence-electron chi connectivity index (χ4n) is 4.33. The first-order valence-corrected chi connectivity index (χ1v) is 9.47. The number of esters is 1. The third kappa shape index (κ3) is 2.65. The van der Waals surface area contributed by atoms with Crippen molar-refractivity contribution in [3.63, 3.8) is 0 Å². The number of amides is 1. The van der Waals surface area contributed by atoms with Crippen LogP contribution in [0, 0.1) is 18.8 Å². The van der Waals surface area contributed by atoms with Crippen LogP contribution < -0.4 is 4.90 Å². The number of anilines is 1. The number of carbonyl (C=O) groups is 2. The molecule has 1 amide bonds. The van der Waals surface area contributed by atoms with Crippen molar-refractivity contribution in [1.29, 1.82) is 0 Å². The van der Waals surface area contributed by atoms with Crippen LogP contribution in [-0.4, -0.2) is 36.7 Å². The van der Waals surface area contributed by atoms with Gasteiger partial charge in [-0.3, -0.25) is 9.59 Å². The van der Waals surface area contributed by atoms with E-state index in [4.69, 9.17) is 9.47 Å². The maximum atomic E-state index is 13.2. The summed E-state index contributed by atoms with van der Waals surface area (Å²) in [6.07, 6.45) is 6.50. The standard InChI is InChI=1S/C21H25NO4/c1-3-4-5-12-25-20(24)17-16-10-11-21(26-16)13-22(19(23)18(17)21)15-8-6-14(2)7-9-15/h6-11,16-18H,3-5,12-13H2,1-2H3/t16-,17-,18-,21-/m0/s1. The van der Waals surface area contributed by atoms with E-state index in [0.29, 0.717) is 13.2 Å². The summed E-state index contributed by atoms with van der Waals surface area (Å²) in [6.45, 7) is 4.99. The minimum atomic E-state index is -0.695. The van der Waals surface area contributed by atoms with Gasteiger partial charge in [0.1, 0.15) is 11.5 Å². The number of rotatable bonds is 6. The maximum absolute atomic E-state index is 13.2. The van der Waals surface area contributed by atoms with Gasteiger partial charge in [0.15, 0.2) is 0 Å². The Morgan fingerprint density at radius 2 is 2.08 bits per heavy atom. The molecule has 1 aromatic rings. The SMILES string of the molecule is CCCCCOC(=O)[C@H]1[C@@H]2C=C[C@@]3(CN(c4ccc(C)cc4)C(=O)[C@H]13)O2. The summed E-state index contributed by atoms with van der Waals surface area (Å²) in [5, 5.41) is 0. The van der Waals surface area contributed by atoms with Crippen molar-refractivity contribution in [2.24, 2.45) is 11.8 Å². The normalized spacial score (nSPS) is 31.5. The van der Waals surface area contributed by atoms with Gasteiger partial charge in [0.05, 0.1) is 25.2 Å². The molecular formula is C21H25NO4. The van der Waals surface area contributed by atoms with Crippen LogP contribution in [0.5, 0.6) is 0 Å². The van der Waals surface area contributed by atoms with Gasteiger partial charge in [-0.1, -0.05) is 49.6 Å². The van der Waals surface area contributed by atoms with Gasteiger partial charge in [-0.25, -0.2) is 0 Å². The fraction of sp³-hybridized carbons (Fsp3) is 0.524. The largest absolute Gasteiger partial charge is 0.465 e. The Morgan fingerprint density at radius 1 is 1.31 bits per heavy atom. The van der Waals surface area contributed by atoms with Crippen molar-refractivity contribution in [3.8, 4) is 0 Å². The highest BCUT2D eigenvalue weighted by Crippen LogP contribution is 2.52. The third-order valence-electron chi connectivity index (χ3n) is 5.71. The topological polar surface area (TPSA) is 55.8 Å². The molecule has 2 fully saturated rings. The molecule has 4 atom stereocenters. The van der Waals surface area contributed by atoms with Crippen LogP contribution in [0.15, 0.2) is 36.4 Å². The van der Waals surface area contributed by atoms with Gasteiger partial charge >= 0.3 is 5.97 Å². The van der Waals surface area contributed by atoms with E-state index in [1.54, 1.807) is 4.90 Å². The first kappa shape index (κ1) is 17.3. The Hall–Kier alpha value is -2.14. The summed E-state index contributed by atoms with van der Waals surface area (Å²) in [4.78, 5) is 27.6. The lowest BCUT2D eigenvalue weighted by Gasteiger charge is -2.22. The zero-order chi connectivity index (χ0) is 18.3. The number of benzene rings is 1. The molecule has 0 saturated carbocycles. The minimum Gasteiger partial charge on any atom is -0.465 e. The summed E-state index contributed by atoms with van der Waals surface area (Å²) in [6, 6.07) is 7.86. The molecule has 138 valence electrons. The summed E-state index contributed by atoms with van der Waals surface area (Å²) in [5.41, 5.74) is 1.30. The summed E-state index contributed by atoms with van der Waals surface area (Å²) < 4.78 is 11.6. The van der Waals surface area contributed by atoms with E-state index in [2.05, 4.69) is 6.92 Å². The van der Waals surface area contributed by atoms with E-state index in [-0.39, 0.29) is 18.0 Å². The Morgan fingerprint density at radius 3 is 2.81 bits per heavy atom. The number of aryl methyl sites for hydroxylation is 1. The minimum absolute atomic E-state index is 0.0452. The lowest BCUT2D eigenvalue weighted by molar-refractivity contribution is -0.152. The molecule has 3 aliphatic rings. The first-order valence-electron chi connectivity index (χ1n) is 9.47. The van der Waals surface area contributed by atoms with Gasteiger partial charge < -0.3 is 14.4 Å². The second kappa shape index (κ2) is 6.54. The second-order valence-corrected chi connectivity index (χ2v) is 7.53. The first-order chi connectivity index (χ1) is 12.6. The molecule has 0 aromatic heterocycles. The third-order valence-corrected chi connectivity index (χ3v) is 5.71. The zero-order valence-corrected chi connectivity index (χ0v) is 15.3. The second-order valence-electron chi connectivity index (χ2n) is 7.53. The molecule has 2 bridgehead atoms. The Balaban J connectivity index is 1.53. The highest BCUT2D eigenvalue weighted by Gasteiger charge is 2.67. The number of hydrogen-bond acceptors (Lipinski definition) is 4. The molecule has 3 aliphatic heterocycles. The van der Waals surface area contributed by atoms with E-state index in [0.717, 1.165) is 30.5 Å². The van der Waals surface area contributed by atoms with Crippen molar-refractivity contribution in [2.75, 3.05) is 18.1 Å².